The Balaban J connectivity index is 1.84. The third-order valence-electron chi connectivity index (χ3n) is 2.72. The van der Waals surface area contributed by atoms with Crippen molar-refractivity contribution in [2.24, 2.45) is 11.8 Å². The third kappa shape index (κ3) is 2.68. The van der Waals surface area contributed by atoms with Crippen molar-refractivity contribution >= 4 is 22.4 Å². The molecule has 1 aliphatic rings. The van der Waals surface area contributed by atoms with Crippen LogP contribution < -0.4 is 5.32 Å². The van der Waals surface area contributed by atoms with Crippen LogP contribution in [0.1, 0.15) is 29.4 Å². The quantitative estimate of drug-likeness (QED) is 0.808. The van der Waals surface area contributed by atoms with Gasteiger partial charge in [0.25, 0.3) is 0 Å². The molecule has 5 heteroatoms. The SMILES string of the molecule is CC(CNc1ncc(C(=O)O)s1)C1CC1. The number of carbonyl (C=O) groups is 1. The topological polar surface area (TPSA) is 62.2 Å². The maximum atomic E-state index is 10.6. The van der Waals surface area contributed by atoms with Crippen LogP contribution in [0.4, 0.5) is 5.13 Å². The van der Waals surface area contributed by atoms with Crippen LogP contribution in [-0.2, 0) is 0 Å². The second-order valence-electron chi connectivity index (χ2n) is 4.03. The van der Waals surface area contributed by atoms with Crippen molar-refractivity contribution in [1.82, 2.24) is 4.98 Å². The monoisotopic (exact) mass is 226 g/mol. The average Bonchev–Trinajstić information content (AvgIpc) is 2.93. The normalized spacial score (nSPS) is 17.4. The number of aromatic carboxylic acids is 1. The Morgan fingerprint density at radius 3 is 3.07 bits per heavy atom. The van der Waals surface area contributed by atoms with Crippen LogP contribution in [0.5, 0.6) is 0 Å². The fraction of sp³-hybridized carbons (Fsp3) is 0.600. The van der Waals surface area contributed by atoms with Crippen molar-refractivity contribution < 1.29 is 9.90 Å². The Bertz CT molecular complexity index is 360. The molecule has 82 valence electrons. The fourth-order valence-corrected chi connectivity index (χ4v) is 2.20. The number of rotatable bonds is 5. The van der Waals surface area contributed by atoms with Crippen LogP contribution in [-0.4, -0.2) is 22.6 Å². The van der Waals surface area contributed by atoms with Gasteiger partial charge < -0.3 is 10.4 Å². The number of nitrogens with zero attached hydrogens (tertiary/aromatic N) is 1. The Morgan fingerprint density at radius 1 is 1.80 bits per heavy atom. The molecular weight excluding hydrogens is 212 g/mol. The van der Waals surface area contributed by atoms with E-state index in [9.17, 15) is 4.79 Å². The summed E-state index contributed by atoms with van der Waals surface area (Å²) in [7, 11) is 0. The maximum Gasteiger partial charge on any atom is 0.347 e. The molecular formula is C10H14N2O2S. The molecule has 1 aromatic rings. The Hall–Kier alpha value is -1.10. The second-order valence-corrected chi connectivity index (χ2v) is 5.06. The Kier molecular flexibility index (Phi) is 2.90. The minimum absolute atomic E-state index is 0.288. The first-order valence-electron chi connectivity index (χ1n) is 5.10. The molecule has 0 aromatic carbocycles. The molecule has 15 heavy (non-hydrogen) atoms. The smallest absolute Gasteiger partial charge is 0.347 e. The number of nitrogens with one attached hydrogen (secondary N) is 1. The van der Waals surface area contributed by atoms with Crippen LogP contribution in [0.3, 0.4) is 0 Å². The number of anilines is 1. The first kappa shape index (κ1) is 10.4. The molecule has 0 bridgehead atoms. The van der Waals surface area contributed by atoms with Crippen molar-refractivity contribution in [2.45, 2.75) is 19.8 Å². The van der Waals surface area contributed by atoms with Crippen molar-refractivity contribution in [3.63, 3.8) is 0 Å². The minimum atomic E-state index is -0.907. The van der Waals surface area contributed by atoms with Crippen LogP contribution in [0, 0.1) is 11.8 Å². The van der Waals surface area contributed by atoms with Gasteiger partial charge in [-0.15, -0.1) is 0 Å². The van der Waals surface area contributed by atoms with Gasteiger partial charge in [0.1, 0.15) is 4.88 Å². The number of hydrogen-bond donors (Lipinski definition) is 2. The van der Waals surface area contributed by atoms with Gasteiger partial charge in [0.15, 0.2) is 5.13 Å². The van der Waals surface area contributed by atoms with Gasteiger partial charge in [0, 0.05) is 6.54 Å². The van der Waals surface area contributed by atoms with Crippen LogP contribution in [0.15, 0.2) is 6.20 Å². The summed E-state index contributed by atoms with van der Waals surface area (Å²) < 4.78 is 0. The summed E-state index contributed by atoms with van der Waals surface area (Å²) in [5.41, 5.74) is 0. The largest absolute Gasteiger partial charge is 0.477 e. The van der Waals surface area contributed by atoms with E-state index in [-0.39, 0.29) is 4.88 Å². The molecule has 0 radical (unpaired) electrons. The second kappa shape index (κ2) is 4.18. The van der Waals surface area contributed by atoms with Gasteiger partial charge in [-0.25, -0.2) is 9.78 Å². The molecule has 1 atom stereocenters. The summed E-state index contributed by atoms with van der Waals surface area (Å²) in [6.45, 7) is 3.10. The van der Waals surface area contributed by atoms with Crippen molar-refractivity contribution in [2.75, 3.05) is 11.9 Å². The number of carboxylic acid groups (broad SMARTS) is 1. The third-order valence-corrected chi connectivity index (χ3v) is 3.66. The van der Waals surface area contributed by atoms with E-state index in [0.29, 0.717) is 11.0 Å². The highest BCUT2D eigenvalue weighted by atomic mass is 32.1. The molecule has 1 aromatic heterocycles. The van der Waals surface area contributed by atoms with Crippen LogP contribution in [0.2, 0.25) is 0 Å². The molecule has 1 fully saturated rings. The zero-order chi connectivity index (χ0) is 10.8. The molecule has 0 aliphatic heterocycles. The summed E-state index contributed by atoms with van der Waals surface area (Å²) in [6.07, 6.45) is 4.07. The van der Waals surface area contributed by atoms with Gasteiger partial charge >= 0.3 is 5.97 Å². The first-order valence-corrected chi connectivity index (χ1v) is 5.91. The predicted molar refractivity (Wildman–Crippen MR) is 59.5 cm³/mol. The van der Waals surface area contributed by atoms with E-state index in [1.807, 2.05) is 0 Å². The minimum Gasteiger partial charge on any atom is -0.477 e. The summed E-state index contributed by atoms with van der Waals surface area (Å²) in [4.78, 5) is 14.9. The summed E-state index contributed by atoms with van der Waals surface area (Å²) in [6, 6.07) is 0. The van der Waals surface area contributed by atoms with E-state index in [4.69, 9.17) is 5.11 Å². The van der Waals surface area contributed by atoms with Gasteiger partial charge in [-0.1, -0.05) is 18.3 Å². The zero-order valence-corrected chi connectivity index (χ0v) is 9.38. The lowest BCUT2D eigenvalue weighted by Crippen LogP contribution is -2.12. The molecule has 0 amide bonds. The van der Waals surface area contributed by atoms with E-state index in [0.717, 1.165) is 12.5 Å². The number of aromatic nitrogens is 1. The molecule has 1 aliphatic carbocycles. The number of hydrogen-bond acceptors (Lipinski definition) is 4. The lowest BCUT2D eigenvalue weighted by molar-refractivity contribution is 0.0702. The van der Waals surface area contributed by atoms with Crippen LogP contribution in [0.25, 0.3) is 0 Å². The van der Waals surface area contributed by atoms with Gasteiger partial charge in [-0.3, -0.25) is 0 Å². The van der Waals surface area contributed by atoms with Gasteiger partial charge in [0.05, 0.1) is 6.20 Å². The van der Waals surface area contributed by atoms with E-state index >= 15 is 0 Å². The molecule has 0 saturated heterocycles. The molecule has 0 spiro atoms. The van der Waals surface area contributed by atoms with Crippen LogP contribution >= 0.6 is 11.3 Å². The molecule has 1 unspecified atom stereocenters. The molecule has 1 heterocycles. The van der Waals surface area contributed by atoms with E-state index in [1.165, 1.54) is 30.4 Å². The van der Waals surface area contributed by atoms with E-state index in [2.05, 4.69) is 17.2 Å². The standard InChI is InChI=1S/C10H14N2O2S/c1-6(7-2-3-7)4-11-10-12-5-8(15-10)9(13)14/h5-7H,2-4H2,1H3,(H,11,12)(H,13,14). The molecule has 4 nitrogen and oxygen atoms in total. The Labute approximate surface area is 92.3 Å². The van der Waals surface area contributed by atoms with Gasteiger partial charge in [-0.05, 0) is 24.7 Å². The van der Waals surface area contributed by atoms with Crippen molar-refractivity contribution in [1.29, 1.82) is 0 Å². The number of carboxylic acids is 1. The van der Waals surface area contributed by atoms with Crippen molar-refractivity contribution in [3.8, 4) is 0 Å². The highest BCUT2D eigenvalue weighted by Gasteiger charge is 2.27. The molecule has 1 saturated carbocycles. The average molecular weight is 226 g/mol. The zero-order valence-electron chi connectivity index (χ0n) is 8.56. The van der Waals surface area contributed by atoms with E-state index < -0.39 is 5.97 Å². The fourth-order valence-electron chi connectivity index (χ4n) is 1.53. The maximum absolute atomic E-state index is 10.6. The van der Waals surface area contributed by atoms with Gasteiger partial charge in [-0.2, -0.15) is 0 Å². The highest BCUT2D eigenvalue weighted by molar-refractivity contribution is 7.17. The van der Waals surface area contributed by atoms with Crippen molar-refractivity contribution in [3.05, 3.63) is 11.1 Å². The highest BCUT2D eigenvalue weighted by Crippen LogP contribution is 2.36. The lowest BCUT2D eigenvalue weighted by atomic mass is 10.1. The van der Waals surface area contributed by atoms with Gasteiger partial charge in [0.2, 0.25) is 0 Å². The predicted octanol–water partition coefficient (Wildman–Crippen LogP) is 2.30. The molecule has 2 N–H and O–H groups in total. The lowest BCUT2D eigenvalue weighted by Gasteiger charge is -2.09. The molecule has 2 rings (SSSR count). The summed E-state index contributed by atoms with van der Waals surface area (Å²) in [5, 5.41) is 12.6. The Morgan fingerprint density at radius 2 is 2.53 bits per heavy atom. The summed E-state index contributed by atoms with van der Waals surface area (Å²) in [5.74, 6) is 0.606. The summed E-state index contributed by atoms with van der Waals surface area (Å²) >= 11 is 1.19. The first-order chi connectivity index (χ1) is 7.16. The van der Waals surface area contributed by atoms with E-state index in [1.54, 1.807) is 0 Å². The number of thiazole rings is 1.